The van der Waals surface area contributed by atoms with E-state index in [4.69, 9.17) is 9.15 Å². The molecular weight excluding hydrogens is 242 g/mol. The summed E-state index contributed by atoms with van der Waals surface area (Å²) in [6, 6.07) is 12.6. The number of aldehydes is 1. The second kappa shape index (κ2) is 4.57. The minimum Gasteiger partial charge on any atom is -0.497 e. The van der Waals surface area contributed by atoms with Crippen LogP contribution in [0.3, 0.4) is 0 Å². The van der Waals surface area contributed by atoms with Gasteiger partial charge >= 0.3 is 0 Å². The van der Waals surface area contributed by atoms with Gasteiger partial charge in [-0.05, 0) is 36.4 Å². The average Bonchev–Trinajstić information content (AvgIpc) is 2.90. The van der Waals surface area contributed by atoms with Crippen LogP contribution in [-0.2, 0) is 0 Å². The molecule has 0 fully saturated rings. The zero-order valence-corrected chi connectivity index (χ0v) is 10.3. The molecule has 0 bridgehead atoms. The Morgan fingerprint density at radius 1 is 1.21 bits per heavy atom. The summed E-state index contributed by atoms with van der Waals surface area (Å²) < 4.78 is 10.8. The van der Waals surface area contributed by atoms with Crippen LogP contribution in [0.15, 0.2) is 46.9 Å². The molecule has 4 heteroatoms. The van der Waals surface area contributed by atoms with Crippen molar-refractivity contribution in [1.29, 1.82) is 0 Å². The molecule has 0 saturated heterocycles. The number of oxazole rings is 1. The third kappa shape index (κ3) is 2.08. The van der Waals surface area contributed by atoms with Gasteiger partial charge in [0.1, 0.15) is 17.6 Å². The molecule has 0 spiro atoms. The maximum absolute atomic E-state index is 10.7. The number of hydrogen-bond donors (Lipinski definition) is 0. The third-order valence-corrected chi connectivity index (χ3v) is 2.86. The first-order chi connectivity index (χ1) is 9.30. The largest absolute Gasteiger partial charge is 0.497 e. The van der Waals surface area contributed by atoms with Crippen LogP contribution in [0.25, 0.3) is 22.6 Å². The van der Waals surface area contributed by atoms with Crippen molar-refractivity contribution < 1.29 is 13.9 Å². The zero-order valence-electron chi connectivity index (χ0n) is 10.3. The molecule has 3 rings (SSSR count). The van der Waals surface area contributed by atoms with Crippen molar-refractivity contribution in [2.45, 2.75) is 0 Å². The molecule has 3 aromatic rings. The number of rotatable bonds is 3. The molecule has 19 heavy (non-hydrogen) atoms. The molecule has 94 valence electrons. The fourth-order valence-electron chi connectivity index (χ4n) is 1.90. The molecule has 0 atom stereocenters. The Kier molecular flexibility index (Phi) is 2.76. The number of ether oxygens (including phenoxy) is 1. The lowest BCUT2D eigenvalue weighted by atomic mass is 10.2. The molecule has 4 nitrogen and oxygen atoms in total. The molecule has 0 saturated carbocycles. The third-order valence-electron chi connectivity index (χ3n) is 2.86. The highest BCUT2D eigenvalue weighted by atomic mass is 16.5. The monoisotopic (exact) mass is 253 g/mol. The van der Waals surface area contributed by atoms with Crippen LogP contribution >= 0.6 is 0 Å². The highest BCUT2D eigenvalue weighted by molar-refractivity contribution is 5.85. The Morgan fingerprint density at radius 3 is 2.89 bits per heavy atom. The summed E-state index contributed by atoms with van der Waals surface area (Å²) in [5, 5.41) is 0. The summed E-state index contributed by atoms with van der Waals surface area (Å²) in [5.41, 5.74) is 2.74. The first-order valence-electron chi connectivity index (χ1n) is 5.80. The molecule has 2 aromatic carbocycles. The molecule has 1 aromatic heterocycles. The van der Waals surface area contributed by atoms with Crippen LogP contribution in [0.5, 0.6) is 5.75 Å². The highest BCUT2D eigenvalue weighted by Crippen LogP contribution is 2.27. The van der Waals surface area contributed by atoms with E-state index in [9.17, 15) is 4.79 Å². The SMILES string of the molecule is COc1cccc(-c2nc3cc(C=O)ccc3o2)c1. The lowest BCUT2D eigenvalue weighted by molar-refractivity contribution is 0.112. The molecule has 1 heterocycles. The number of benzene rings is 2. The Bertz CT molecular complexity index is 746. The van der Waals surface area contributed by atoms with Gasteiger partial charge in [0.15, 0.2) is 5.58 Å². The van der Waals surface area contributed by atoms with Crippen LogP contribution in [0.2, 0.25) is 0 Å². The molecule has 0 amide bonds. The molecular formula is C15H11NO3. The van der Waals surface area contributed by atoms with Crippen LogP contribution in [0, 0.1) is 0 Å². The van der Waals surface area contributed by atoms with E-state index in [1.807, 2.05) is 24.3 Å². The van der Waals surface area contributed by atoms with Gasteiger partial charge in [0.05, 0.1) is 7.11 Å². The van der Waals surface area contributed by atoms with E-state index in [-0.39, 0.29) is 0 Å². The number of aromatic nitrogens is 1. The van der Waals surface area contributed by atoms with Crippen molar-refractivity contribution in [1.82, 2.24) is 4.98 Å². The van der Waals surface area contributed by atoms with Crippen molar-refractivity contribution in [3.63, 3.8) is 0 Å². The van der Waals surface area contributed by atoms with Crippen molar-refractivity contribution in [3.05, 3.63) is 48.0 Å². The smallest absolute Gasteiger partial charge is 0.227 e. The van der Waals surface area contributed by atoms with Gasteiger partial charge in [-0.25, -0.2) is 4.98 Å². The number of carbonyl (C=O) groups excluding carboxylic acids is 1. The topological polar surface area (TPSA) is 52.3 Å². The number of carbonyl (C=O) groups is 1. The first kappa shape index (κ1) is 11.5. The Morgan fingerprint density at radius 2 is 2.11 bits per heavy atom. The van der Waals surface area contributed by atoms with Gasteiger partial charge in [0, 0.05) is 11.1 Å². The summed E-state index contributed by atoms with van der Waals surface area (Å²) in [7, 11) is 1.61. The summed E-state index contributed by atoms with van der Waals surface area (Å²) >= 11 is 0. The molecule has 0 unspecified atom stereocenters. The second-order valence-corrected chi connectivity index (χ2v) is 4.10. The van der Waals surface area contributed by atoms with Crippen LogP contribution in [0.1, 0.15) is 10.4 Å². The van der Waals surface area contributed by atoms with E-state index in [1.54, 1.807) is 25.3 Å². The van der Waals surface area contributed by atoms with Crippen molar-refractivity contribution >= 4 is 17.4 Å². The van der Waals surface area contributed by atoms with E-state index in [2.05, 4.69) is 4.98 Å². The summed E-state index contributed by atoms with van der Waals surface area (Å²) in [4.78, 5) is 15.1. The van der Waals surface area contributed by atoms with Gasteiger partial charge in [-0.2, -0.15) is 0 Å². The molecule has 0 aliphatic carbocycles. The van der Waals surface area contributed by atoms with Crippen molar-refractivity contribution in [3.8, 4) is 17.2 Å². The molecule has 0 N–H and O–H groups in total. The standard InChI is InChI=1S/C15H11NO3/c1-18-12-4-2-3-11(8-12)15-16-13-7-10(9-17)5-6-14(13)19-15/h2-9H,1H3. The van der Waals surface area contributed by atoms with Crippen molar-refractivity contribution in [2.24, 2.45) is 0 Å². The molecule has 0 radical (unpaired) electrons. The molecule has 0 aliphatic rings. The van der Waals surface area contributed by atoms with E-state index in [0.29, 0.717) is 22.6 Å². The fraction of sp³-hybridized carbons (Fsp3) is 0.0667. The second-order valence-electron chi connectivity index (χ2n) is 4.10. The van der Waals surface area contributed by atoms with E-state index < -0.39 is 0 Å². The number of hydrogen-bond acceptors (Lipinski definition) is 4. The zero-order chi connectivity index (χ0) is 13.2. The Hall–Kier alpha value is -2.62. The lowest BCUT2D eigenvalue weighted by Gasteiger charge is -2.00. The Labute approximate surface area is 109 Å². The van der Waals surface area contributed by atoms with Crippen LogP contribution in [-0.4, -0.2) is 18.4 Å². The van der Waals surface area contributed by atoms with Gasteiger partial charge in [0.25, 0.3) is 0 Å². The Balaban J connectivity index is 2.11. The lowest BCUT2D eigenvalue weighted by Crippen LogP contribution is -1.83. The minimum absolute atomic E-state index is 0.511. The van der Waals surface area contributed by atoms with Gasteiger partial charge in [0.2, 0.25) is 5.89 Å². The predicted molar refractivity (Wildman–Crippen MR) is 71.4 cm³/mol. The average molecular weight is 253 g/mol. The number of methoxy groups -OCH3 is 1. The quantitative estimate of drug-likeness (QED) is 0.672. The van der Waals surface area contributed by atoms with E-state index in [1.165, 1.54) is 0 Å². The predicted octanol–water partition coefficient (Wildman–Crippen LogP) is 3.32. The van der Waals surface area contributed by atoms with E-state index in [0.717, 1.165) is 17.6 Å². The van der Waals surface area contributed by atoms with Crippen LogP contribution < -0.4 is 4.74 Å². The summed E-state index contributed by atoms with van der Waals surface area (Å²) in [5.74, 6) is 1.25. The maximum Gasteiger partial charge on any atom is 0.227 e. The van der Waals surface area contributed by atoms with Gasteiger partial charge in [-0.1, -0.05) is 6.07 Å². The fourth-order valence-corrected chi connectivity index (χ4v) is 1.90. The normalized spacial score (nSPS) is 10.6. The van der Waals surface area contributed by atoms with Crippen molar-refractivity contribution in [2.75, 3.05) is 7.11 Å². The summed E-state index contributed by atoms with van der Waals surface area (Å²) in [6.07, 6.45) is 0.791. The molecule has 0 aliphatic heterocycles. The maximum atomic E-state index is 10.7. The summed E-state index contributed by atoms with van der Waals surface area (Å²) in [6.45, 7) is 0. The minimum atomic E-state index is 0.511. The van der Waals surface area contributed by atoms with Gasteiger partial charge in [-0.15, -0.1) is 0 Å². The number of fused-ring (bicyclic) bond motifs is 1. The first-order valence-corrected chi connectivity index (χ1v) is 5.80. The van der Waals surface area contributed by atoms with Gasteiger partial charge < -0.3 is 9.15 Å². The van der Waals surface area contributed by atoms with Crippen LogP contribution in [0.4, 0.5) is 0 Å². The van der Waals surface area contributed by atoms with Gasteiger partial charge in [-0.3, -0.25) is 4.79 Å². The van der Waals surface area contributed by atoms with E-state index >= 15 is 0 Å². The number of nitrogens with zero attached hydrogens (tertiary/aromatic N) is 1. The highest BCUT2D eigenvalue weighted by Gasteiger charge is 2.09.